The summed E-state index contributed by atoms with van der Waals surface area (Å²) in [4.78, 5) is 24.8. The second-order valence-corrected chi connectivity index (χ2v) is 4.87. The molecule has 1 aromatic carbocycles. The summed E-state index contributed by atoms with van der Waals surface area (Å²) in [6.45, 7) is 2.47. The average molecular weight is 297 g/mol. The number of nitrogens with one attached hydrogen (secondary N) is 1. The molecule has 2 aromatic heterocycles. The van der Waals surface area contributed by atoms with Gasteiger partial charge < -0.3 is 5.32 Å². The van der Waals surface area contributed by atoms with Crippen molar-refractivity contribution in [2.45, 2.75) is 13.5 Å². The van der Waals surface area contributed by atoms with Crippen molar-refractivity contribution in [1.82, 2.24) is 19.6 Å². The maximum absolute atomic E-state index is 12.5. The van der Waals surface area contributed by atoms with Crippen molar-refractivity contribution in [1.29, 1.82) is 0 Å². The van der Waals surface area contributed by atoms with Gasteiger partial charge in [0.05, 0.1) is 17.4 Å². The molecule has 0 aliphatic heterocycles. The summed E-state index contributed by atoms with van der Waals surface area (Å²) < 4.78 is 3.21. The summed E-state index contributed by atoms with van der Waals surface area (Å²) in [5, 5.41) is 11.3. The number of anilines is 1. The third-order valence-electron chi connectivity index (χ3n) is 3.34. The summed E-state index contributed by atoms with van der Waals surface area (Å²) >= 11 is 0. The van der Waals surface area contributed by atoms with Gasteiger partial charge in [0.1, 0.15) is 0 Å². The van der Waals surface area contributed by atoms with Gasteiger partial charge in [-0.1, -0.05) is 12.1 Å². The van der Waals surface area contributed by atoms with E-state index in [1.54, 1.807) is 34.7 Å². The average Bonchev–Trinajstić information content (AvgIpc) is 2.93. The van der Waals surface area contributed by atoms with Crippen LogP contribution in [-0.4, -0.2) is 25.5 Å². The number of nitrogens with zero attached hydrogens (tertiary/aromatic N) is 4. The Kier molecular flexibility index (Phi) is 3.46. The third-order valence-corrected chi connectivity index (χ3v) is 3.34. The fraction of sp³-hybridized carbons (Fsp3) is 0.200. The molecule has 2 heterocycles. The Morgan fingerprint density at radius 1 is 1.32 bits per heavy atom. The SMILES string of the molecule is CCn1nc(C(=O)Nc2cnn(C)c2)c(=O)c2ccccc21. The second kappa shape index (κ2) is 5.44. The highest BCUT2D eigenvalue weighted by Gasteiger charge is 2.17. The first kappa shape index (κ1) is 14.0. The Labute approximate surface area is 126 Å². The highest BCUT2D eigenvalue weighted by molar-refractivity contribution is 6.04. The van der Waals surface area contributed by atoms with Crippen LogP contribution in [0.5, 0.6) is 0 Å². The van der Waals surface area contributed by atoms with Crippen LogP contribution in [0.15, 0.2) is 41.5 Å². The predicted octanol–water partition coefficient (Wildman–Crippen LogP) is 1.40. The molecule has 0 saturated carbocycles. The molecule has 0 unspecified atom stereocenters. The molecule has 1 N–H and O–H groups in total. The van der Waals surface area contributed by atoms with Gasteiger partial charge in [-0.25, -0.2) is 0 Å². The van der Waals surface area contributed by atoms with E-state index >= 15 is 0 Å². The van der Waals surface area contributed by atoms with Crippen LogP contribution in [0.2, 0.25) is 0 Å². The first-order valence-corrected chi connectivity index (χ1v) is 6.90. The zero-order chi connectivity index (χ0) is 15.7. The molecule has 112 valence electrons. The summed E-state index contributed by atoms with van der Waals surface area (Å²) in [7, 11) is 1.74. The second-order valence-electron chi connectivity index (χ2n) is 4.87. The minimum absolute atomic E-state index is 0.121. The van der Waals surface area contributed by atoms with Crippen LogP contribution in [0, 0.1) is 0 Å². The molecule has 0 aliphatic rings. The zero-order valence-electron chi connectivity index (χ0n) is 12.3. The highest BCUT2D eigenvalue weighted by atomic mass is 16.2. The van der Waals surface area contributed by atoms with Crippen molar-refractivity contribution in [3.8, 4) is 0 Å². The van der Waals surface area contributed by atoms with E-state index in [2.05, 4.69) is 15.5 Å². The van der Waals surface area contributed by atoms with E-state index in [0.717, 1.165) is 0 Å². The lowest BCUT2D eigenvalue weighted by Crippen LogP contribution is -2.26. The Morgan fingerprint density at radius 3 is 2.77 bits per heavy atom. The quantitative estimate of drug-likeness (QED) is 0.792. The molecule has 3 aromatic rings. The normalized spacial score (nSPS) is 10.8. The molecule has 3 rings (SSSR count). The minimum Gasteiger partial charge on any atom is -0.318 e. The maximum atomic E-state index is 12.5. The Hall–Kier alpha value is -2.96. The molecule has 0 aliphatic carbocycles. The fourth-order valence-electron chi connectivity index (χ4n) is 2.30. The molecular formula is C15H15N5O2. The lowest BCUT2D eigenvalue weighted by Gasteiger charge is -2.09. The molecule has 0 spiro atoms. The van der Waals surface area contributed by atoms with Gasteiger partial charge in [-0.05, 0) is 19.1 Å². The lowest BCUT2D eigenvalue weighted by atomic mass is 10.2. The number of rotatable bonds is 3. The molecule has 0 atom stereocenters. The lowest BCUT2D eigenvalue weighted by molar-refractivity contribution is 0.101. The fourth-order valence-corrected chi connectivity index (χ4v) is 2.30. The molecule has 0 bridgehead atoms. The molecule has 22 heavy (non-hydrogen) atoms. The van der Waals surface area contributed by atoms with Gasteiger partial charge in [0.2, 0.25) is 5.43 Å². The van der Waals surface area contributed by atoms with Crippen LogP contribution in [0.3, 0.4) is 0 Å². The highest BCUT2D eigenvalue weighted by Crippen LogP contribution is 2.11. The molecular weight excluding hydrogens is 282 g/mol. The van der Waals surface area contributed by atoms with Gasteiger partial charge in [-0.2, -0.15) is 10.2 Å². The number of carbonyl (C=O) groups is 1. The molecule has 1 amide bonds. The van der Waals surface area contributed by atoms with E-state index in [-0.39, 0.29) is 11.1 Å². The van der Waals surface area contributed by atoms with Crippen LogP contribution in [-0.2, 0) is 13.6 Å². The molecule has 0 saturated heterocycles. The van der Waals surface area contributed by atoms with Crippen molar-refractivity contribution in [3.05, 3.63) is 52.6 Å². The van der Waals surface area contributed by atoms with E-state index in [1.807, 2.05) is 19.1 Å². The predicted molar refractivity (Wildman–Crippen MR) is 82.8 cm³/mol. The number of aryl methyl sites for hydroxylation is 2. The summed E-state index contributed by atoms with van der Waals surface area (Å²) in [6, 6.07) is 7.12. The van der Waals surface area contributed by atoms with E-state index in [4.69, 9.17) is 0 Å². The van der Waals surface area contributed by atoms with Gasteiger partial charge in [0, 0.05) is 25.2 Å². The van der Waals surface area contributed by atoms with Crippen LogP contribution in [0.25, 0.3) is 10.9 Å². The largest absolute Gasteiger partial charge is 0.318 e. The Morgan fingerprint density at radius 2 is 2.09 bits per heavy atom. The molecule has 0 fully saturated rings. The number of para-hydroxylation sites is 1. The molecule has 0 radical (unpaired) electrons. The van der Waals surface area contributed by atoms with Gasteiger partial charge >= 0.3 is 0 Å². The van der Waals surface area contributed by atoms with Crippen molar-refractivity contribution in [2.24, 2.45) is 7.05 Å². The minimum atomic E-state index is -0.536. The van der Waals surface area contributed by atoms with E-state index in [9.17, 15) is 9.59 Å². The zero-order valence-corrected chi connectivity index (χ0v) is 12.3. The van der Waals surface area contributed by atoms with Gasteiger partial charge in [-0.3, -0.25) is 19.0 Å². The van der Waals surface area contributed by atoms with E-state index in [0.29, 0.717) is 23.1 Å². The van der Waals surface area contributed by atoms with Crippen molar-refractivity contribution in [2.75, 3.05) is 5.32 Å². The van der Waals surface area contributed by atoms with Crippen LogP contribution < -0.4 is 10.7 Å². The van der Waals surface area contributed by atoms with E-state index < -0.39 is 5.91 Å². The summed E-state index contributed by atoms with van der Waals surface area (Å²) in [5.74, 6) is -0.536. The Bertz CT molecular complexity index is 910. The molecule has 7 nitrogen and oxygen atoms in total. The number of hydrogen-bond donors (Lipinski definition) is 1. The van der Waals surface area contributed by atoms with Crippen molar-refractivity contribution < 1.29 is 4.79 Å². The standard InChI is InChI=1S/C15H15N5O2/c1-3-20-12-7-5-4-6-11(12)14(21)13(18-20)15(22)17-10-8-16-19(2)9-10/h4-9H,3H2,1-2H3,(H,17,22). The van der Waals surface area contributed by atoms with Gasteiger partial charge in [0.25, 0.3) is 5.91 Å². The van der Waals surface area contributed by atoms with Crippen molar-refractivity contribution in [3.63, 3.8) is 0 Å². The first-order chi connectivity index (χ1) is 10.6. The van der Waals surface area contributed by atoms with Gasteiger partial charge in [0.15, 0.2) is 5.69 Å². The third kappa shape index (κ3) is 2.37. The first-order valence-electron chi connectivity index (χ1n) is 6.90. The smallest absolute Gasteiger partial charge is 0.280 e. The maximum Gasteiger partial charge on any atom is 0.280 e. The number of fused-ring (bicyclic) bond motifs is 1. The summed E-state index contributed by atoms with van der Waals surface area (Å²) in [5.41, 5.74) is 0.740. The summed E-state index contributed by atoms with van der Waals surface area (Å²) in [6.07, 6.45) is 3.16. The number of benzene rings is 1. The van der Waals surface area contributed by atoms with Crippen LogP contribution in [0.4, 0.5) is 5.69 Å². The van der Waals surface area contributed by atoms with Crippen molar-refractivity contribution >= 4 is 22.5 Å². The monoisotopic (exact) mass is 297 g/mol. The van der Waals surface area contributed by atoms with Crippen LogP contribution >= 0.6 is 0 Å². The Balaban J connectivity index is 2.08. The number of hydrogen-bond acceptors (Lipinski definition) is 4. The van der Waals surface area contributed by atoms with Gasteiger partial charge in [-0.15, -0.1) is 0 Å². The molecule has 7 heteroatoms. The number of amides is 1. The van der Waals surface area contributed by atoms with Crippen LogP contribution in [0.1, 0.15) is 17.4 Å². The number of aromatic nitrogens is 4. The topological polar surface area (TPSA) is 81.8 Å². The van der Waals surface area contributed by atoms with E-state index in [1.165, 1.54) is 6.20 Å². The number of carbonyl (C=O) groups excluding carboxylic acids is 1.